The van der Waals surface area contributed by atoms with Crippen molar-refractivity contribution in [2.45, 2.75) is 90.6 Å². The fraction of sp³-hybridized carbons (Fsp3) is 0.600. The number of carbonyl (C=O) groups is 4. The van der Waals surface area contributed by atoms with Crippen molar-refractivity contribution in [3.05, 3.63) is 29.8 Å². The summed E-state index contributed by atoms with van der Waals surface area (Å²) in [4.78, 5) is 53.1. The Morgan fingerprint density at radius 1 is 1.17 bits per heavy atom. The van der Waals surface area contributed by atoms with Crippen LogP contribution in [-0.4, -0.2) is 57.0 Å². The van der Waals surface area contributed by atoms with Crippen molar-refractivity contribution in [2.75, 3.05) is 0 Å². The summed E-state index contributed by atoms with van der Waals surface area (Å²) < 4.78 is 5.27. The SMILES string of the molecule is CC1CC1N(C(=O)C(CC(N)=O)NC(=O)OC(C)(C)C)C(C(=O)NC(C)(C)C)c1cccc(O)c1. The molecule has 4 amide bonds. The molecule has 1 aliphatic rings. The number of aromatic hydroxyl groups is 1. The molecular formula is C25H38N4O6. The van der Waals surface area contributed by atoms with Crippen molar-refractivity contribution in [1.29, 1.82) is 0 Å². The van der Waals surface area contributed by atoms with Crippen LogP contribution in [0.15, 0.2) is 24.3 Å². The zero-order valence-corrected chi connectivity index (χ0v) is 21.5. The van der Waals surface area contributed by atoms with E-state index in [1.54, 1.807) is 32.9 Å². The smallest absolute Gasteiger partial charge is 0.408 e. The number of nitrogens with zero attached hydrogens (tertiary/aromatic N) is 1. The maximum absolute atomic E-state index is 13.9. The van der Waals surface area contributed by atoms with Crippen molar-refractivity contribution in [3.63, 3.8) is 0 Å². The Kier molecular flexibility index (Phi) is 8.41. The number of amides is 4. The highest BCUT2D eigenvalue weighted by atomic mass is 16.6. The van der Waals surface area contributed by atoms with Gasteiger partial charge in [0.1, 0.15) is 23.4 Å². The number of nitrogens with two attached hydrogens (primary N) is 1. The second-order valence-electron chi connectivity index (χ2n) is 11.1. The maximum Gasteiger partial charge on any atom is 0.408 e. The first-order valence-electron chi connectivity index (χ1n) is 11.7. The summed E-state index contributed by atoms with van der Waals surface area (Å²) in [5.74, 6) is -1.85. The van der Waals surface area contributed by atoms with Crippen LogP contribution in [0.4, 0.5) is 4.79 Å². The van der Waals surface area contributed by atoms with Gasteiger partial charge in [-0.05, 0) is 71.6 Å². The van der Waals surface area contributed by atoms with Gasteiger partial charge in [-0.3, -0.25) is 14.4 Å². The molecule has 10 heteroatoms. The summed E-state index contributed by atoms with van der Waals surface area (Å²) in [7, 11) is 0. The fourth-order valence-corrected chi connectivity index (χ4v) is 3.77. The molecule has 1 aromatic carbocycles. The lowest BCUT2D eigenvalue weighted by atomic mass is 9.99. The normalized spacial score (nSPS) is 19.2. The number of nitrogens with one attached hydrogen (secondary N) is 2. The molecule has 5 N–H and O–H groups in total. The first-order chi connectivity index (χ1) is 16.0. The number of phenolic OH excluding ortho intramolecular Hbond substituents is 1. The van der Waals surface area contributed by atoms with E-state index in [0.717, 1.165) is 0 Å². The van der Waals surface area contributed by atoms with E-state index in [1.807, 2.05) is 27.7 Å². The van der Waals surface area contributed by atoms with Gasteiger partial charge in [-0.2, -0.15) is 0 Å². The number of ether oxygens (including phenoxy) is 1. The lowest BCUT2D eigenvalue weighted by Gasteiger charge is -2.36. The van der Waals surface area contributed by atoms with Crippen LogP contribution in [0.3, 0.4) is 0 Å². The highest BCUT2D eigenvalue weighted by Gasteiger charge is 2.48. The van der Waals surface area contributed by atoms with Gasteiger partial charge in [0.15, 0.2) is 0 Å². The zero-order valence-electron chi connectivity index (χ0n) is 21.5. The minimum Gasteiger partial charge on any atom is -0.508 e. The minimum absolute atomic E-state index is 0.0622. The molecule has 0 spiro atoms. The zero-order chi connectivity index (χ0) is 26.7. The van der Waals surface area contributed by atoms with Gasteiger partial charge in [-0.25, -0.2) is 4.79 Å². The molecule has 0 radical (unpaired) electrons. The first kappa shape index (κ1) is 27.9. The molecule has 0 saturated heterocycles. The van der Waals surface area contributed by atoms with E-state index in [9.17, 15) is 24.3 Å². The summed E-state index contributed by atoms with van der Waals surface area (Å²) in [6.07, 6.45) is -0.711. The van der Waals surface area contributed by atoms with Crippen LogP contribution in [-0.2, 0) is 19.1 Å². The van der Waals surface area contributed by atoms with E-state index < -0.39 is 53.5 Å². The Bertz CT molecular complexity index is 965. The topological polar surface area (TPSA) is 151 Å². The Morgan fingerprint density at radius 2 is 1.77 bits per heavy atom. The van der Waals surface area contributed by atoms with Crippen LogP contribution < -0.4 is 16.4 Å². The molecule has 1 fully saturated rings. The highest BCUT2D eigenvalue weighted by molar-refractivity contribution is 5.95. The van der Waals surface area contributed by atoms with E-state index in [4.69, 9.17) is 10.5 Å². The number of primary amides is 1. The van der Waals surface area contributed by atoms with Crippen molar-refractivity contribution in [3.8, 4) is 5.75 Å². The Morgan fingerprint density at radius 3 is 2.23 bits per heavy atom. The number of rotatable bonds is 8. The van der Waals surface area contributed by atoms with Crippen molar-refractivity contribution >= 4 is 23.8 Å². The lowest BCUT2D eigenvalue weighted by molar-refractivity contribution is -0.144. The molecule has 0 aliphatic heterocycles. The summed E-state index contributed by atoms with van der Waals surface area (Å²) in [5, 5.41) is 15.4. The third kappa shape index (κ3) is 8.45. The largest absolute Gasteiger partial charge is 0.508 e. The highest BCUT2D eigenvalue weighted by Crippen LogP contribution is 2.41. The molecule has 1 aliphatic carbocycles. The van der Waals surface area contributed by atoms with Crippen LogP contribution in [0.5, 0.6) is 5.75 Å². The average Bonchev–Trinajstić information content (AvgIpc) is 3.37. The number of hydrogen-bond donors (Lipinski definition) is 4. The third-order valence-corrected chi connectivity index (χ3v) is 5.28. The maximum atomic E-state index is 13.9. The van der Waals surface area contributed by atoms with Gasteiger partial charge in [-0.15, -0.1) is 0 Å². The van der Waals surface area contributed by atoms with Gasteiger partial charge >= 0.3 is 6.09 Å². The Hall–Kier alpha value is -3.30. The Labute approximate surface area is 206 Å². The van der Waals surface area contributed by atoms with Crippen LogP contribution in [0.25, 0.3) is 0 Å². The van der Waals surface area contributed by atoms with Gasteiger partial charge < -0.3 is 31.1 Å². The standard InChI is InChI=1S/C25H38N4O6/c1-14-11-18(14)29(22(33)17(13-19(26)31)27-23(34)35-25(5,6)7)20(21(32)28-24(2,3)4)15-9-8-10-16(30)12-15/h8-10,12,14,17-18,20,30H,11,13H2,1-7H3,(H2,26,31)(H,27,34)(H,28,32). The van der Waals surface area contributed by atoms with E-state index in [-0.39, 0.29) is 17.7 Å². The molecule has 1 saturated carbocycles. The second kappa shape index (κ2) is 10.5. The van der Waals surface area contributed by atoms with Crippen LogP contribution in [0.2, 0.25) is 0 Å². The van der Waals surface area contributed by atoms with Gasteiger partial charge in [-0.1, -0.05) is 19.1 Å². The molecule has 0 aromatic heterocycles. The first-order valence-corrected chi connectivity index (χ1v) is 11.7. The molecule has 4 atom stereocenters. The molecular weight excluding hydrogens is 452 g/mol. The molecule has 0 bridgehead atoms. The van der Waals surface area contributed by atoms with Crippen molar-refractivity contribution in [2.24, 2.45) is 11.7 Å². The predicted molar refractivity (Wildman–Crippen MR) is 130 cm³/mol. The fourth-order valence-electron chi connectivity index (χ4n) is 3.77. The summed E-state index contributed by atoms with van der Waals surface area (Å²) in [5.41, 5.74) is 4.36. The summed E-state index contributed by atoms with van der Waals surface area (Å²) in [6.45, 7) is 12.4. The minimum atomic E-state index is -1.34. The van der Waals surface area contributed by atoms with Crippen molar-refractivity contribution < 1.29 is 29.0 Å². The van der Waals surface area contributed by atoms with Crippen LogP contribution in [0, 0.1) is 5.92 Å². The number of phenols is 1. The lowest BCUT2D eigenvalue weighted by Crippen LogP contribution is -2.56. The van der Waals surface area contributed by atoms with Gasteiger partial charge in [0.25, 0.3) is 0 Å². The Balaban J connectivity index is 2.52. The molecule has 1 aromatic rings. The molecule has 4 unspecified atom stereocenters. The quantitative estimate of drug-likeness (QED) is 0.439. The van der Waals surface area contributed by atoms with Crippen molar-refractivity contribution in [1.82, 2.24) is 15.5 Å². The molecule has 194 valence electrons. The average molecular weight is 491 g/mol. The van der Waals surface area contributed by atoms with E-state index >= 15 is 0 Å². The van der Waals surface area contributed by atoms with E-state index in [1.165, 1.54) is 17.0 Å². The summed E-state index contributed by atoms with van der Waals surface area (Å²) in [6, 6.07) is 3.36. The number of alkyl carbamates (subject to hydrolysis) is 1. The molecule has 35 heavy (non-hydrogen) atoms. The molecule has 2 rings (SSSR count). The van der Waals surface area contributed by atoms with Gasteiger partial charge in [0, 0.05) is 11.6 Å². The predicted octanol–water partition coefficient (Wildman–Crippen LogP) is 2.35. The monoisotopic (exact) mass is 490 g/mol. The number of hydrogen-bond acceptors (Lipinski definition) is 6. The van der Waals surface area contributed by atoms with Crippen LogP contribution >= 0.6 is 0 Å². The molecule has 0 heterocycles. The van der Waals surface area contributed by atoms with E-state index in [2.05, 4.69) is 10.6 Å². The summed E-state index contributed by atoms with van der Waals surface area (Å²) >= 11 is 0. The van der Waals surface area contributed by atoms with Crippen LogP contribution in [0.1, 0.15) is 72.9 Å². The van der Waals surface area contributed by atoms with Gasteiger partial charge in [0.05, 0.1) is 6.42 Å². The number of benzene rings is 1. The third-order valence-electron chi connectivity index (χ3n) is 5.28. The molecule has 10 nitrogen and oxygen atoms in total. The van der Waals surface area contributed by atoms with E-state index in [0.29, 0.717) is 12.0 Å². The number of carbonyl (C=O) groups excluding carboxylic acids is 4. The second-order valence-corrected chi connectivity index (χ2v) is 11.1. The van der Waals surface area contributed by atoms with Gasteiger partial charge in [0.2, 0.25) is 17.7 Å².